The van der Waals surface area contributed by atoms with Crippen molar-refractivity contribution >= 4 is 5.82 Å². The summed E-state index contributed by atoms with van der Waals surface area (Å²) in [6.45, 7) is 4.15. The lowest BCUT2D eigenvalue weighted by Crippen LogP contribution is -2.09. The lowest BCUT2D eigenvalue weighted by Gasteiger charge is -2.03. The summed E-state index contributed by atoms with van der Waals surface area (Å²) < 4.78 is 4.93. The first kappa shape index (κ1) is 9.06. The molecule has 1 aromatic rings. The summed E-state index contributed by atoms with van der Waals surface area (Å²) in [5.41, 5.74) is 0. The molecule has 0 unspecified atom stereocenters. The first-order valence-corrected chi connectivity index (χ1v) is 4.05. The number of hydrogen-bond acceptors (Lipinski definition) is 4. The molecule has 0 bridgehead atoms. The van der Waals surface area contributed by atoms with Crippen molar-refractivity contribution < 1.29 is 9.63 Å². The van der Waals surface area contributed by atoms with Crippen molar-refractivity contribution in [1.82, 2.24) is 5.16 Å². The van der Waals surface area contributed by atoms with Gasteiger partial charge in [0.15, 0.2) is 5.82 Å². The van der Waals surface area contributed by atoms with E-state index in [2.05, 4.69) is 10.5 Å². The molecule has 0 aliphatic rings. The zero-order valence-corrected chi connectivity index (χ0v) is 7.37. The van der Waals surface area contributed by atoms with E-state index in [9.17, 15) is 0 Å². The Balaban J connectivity index is 2.52. The quantitative estimate of drug-likeness (QED) is 0.708. The normalized spacial score (nSPS) is 10.7. The van der Waals surface area contributed by atoms with Gasteiger partial charge in [-0.1, -0.05) is 5.16 Å². The van der Waals surface area contributed by atoms with Crippen LogP contribution in [0.5, 0.6) is 0 Å². The highest BCUT2D eigenvalue weighted by atomic mass is 16.5. The van der Waals surface area contributed by atoms with Gasteiger partial charge in [-0.2, -0.15) is 0 Å². The first-order valence-electron chi connectivity index (χ1n) is 4.05. The van der Waals surface area contributed by atoms with E-state index in [0.29, 0.717) is 18.2 Å². The molecule has 0 amide bonds. The Labute approximate surface area is 71.6 Å². The van der Waals surface area contributed by atoms with Gasteiger partial charge in [-0.3, -0.25) is 0 Å². The van der Waals surface area contributed by atoms with Gasteiger partial charge in [0.25, 0.3) is 0 Å². The molecule has 68 valence electrons. The van der Waals surface area contributed by atoms with Gasteiger partial charge >= 0.3 is 0 Å². The second-order valence-corrected chi connectivity index (χ2v) is 2.95. The van der Waals surface area contributed by atoms with Crippen molar-refractivity contribution in [1.29, 1.82) is 0 Å². The minimum Gasteiger partial charge on any atom is -0.396 e. The van der Waals surface area contributed by atoms with Gasteiger partial charge in [-0.05, 0) is 13.8 Å². The van der Waals surface area contributed by atoms with Gasteiger partial charge < -0.3 is 14.9 Å². The SMILES string of the molecule is CC(C)Nc1cc(CCO)on1. The summed E-state index contributed by atoms with van der Waals surface area (Å²) in [6.07, 6.45) is 0.521. The van der Waals surface area contributed by atoms with E-state index in [1.54, 1.807) is 6.07 Å². The van der Waals surface area contributed by atoms with Crippen LogP contribution >= 0.6 is 0 Å². The maximum absolute atomic E-state index is 8.60. The minimum absolute atomic E-state index is 0.0936. The summed E-state index contributed by atoms with van der Waals surface area (Å²) in [6, 6.07) is 2.15. The summed E-state index contributed by atoms with van der Waals surface area (Å²) in [7, 11) is 0. The van der Waals surface area contributed by atoms with E-state index in [-0.39, 0.29) is 6.61 Å². The minimum atomic E-state index is 0.0936. The molecule has 0 atom stereocenters. The van der Waals surface area contributed by atoms with E-state index < -0.39 is 0 Å². The highest BCUT2D eigenvalue weighted by molar-refractivity contribution is 5.34. The van der Waals surface area contributed by atoms with E-state index in [4.69, 9.17) is 9.63 Å². The predicted octanol–water partition coefficient (Wildman–Crippen LogP) is 1.03. The van der Waals surface area contributed by atoms with Crippen LogP contribution in [0, 0.1) is 0 Å². The van der Waals surface area contributed by atoms with Crippen LogP contribution in [0.4, 0.5) is 5.82 Å². The molecule has 2 N–H and O–H groups in total. The molecule has 0 aliphatic carbocycles. The number of rotatable bonds is 4. The molecule has 0 aliphatic heterocycles. The molecule has 4 heteroatoms. The fraction of sp³-hybridized carbons (Fsp3) is 0.625. The van der Waals surface area contributed by atoms with Crippen LogP contribution in [0.15, 0.2) is 10.6 Å². The van der Waals surface area contributed by atoms with E-state index in [1.807, 2.05) is 13.8 Å². The third-order valence-corrected chi connectivity index (χ3v) is 1.35. The fourth-order valence-electron chi connectivity index (χ4n) is 0.905. The number of hydrogen-bond donors (Lipinski definition) is 2. The molecular formula is C8H14N2O2. The molecule has 0 saturated carbocycles. The van der Waals surface area contributed by atoms with Crippen LogP contribution in [0.1, 0.15) is 19.6 Å². The Kier molecular flexibility index (Phi) is 3.10. The Morgan fingerprint density at radius 1 is 1.67 bits per heavy atom. The van der Waals surface area contributed by atoms with Crippen LogP contribution in [-0.4, -0.2) is 22.9 Å². The molecule has 4 nitrogen and oxygen atoms in total. The number of nitrogens with one attached hydrogen (secondary N) is 1. The number of anilines is 1. The van der Waals surface area contributed by atoms with Crippen molar-refractivity contribution in [3.05, 3.63) is 11.8 Å². The van der Waals surface area contributed by atoms with E-state index in [1.165, 1.54) is 0 Å². The summed E-state index contributed by atoms with van der Waals surface area (Å²) in [5.74, 6) is 1.44. The highest BCUT2D eigenvalue weighted by Gasteiger charge is 2.03. The Bertz CT molecular complexity index is 233. The zero-order chi connectivity index (χ0) is 8.97. The van der Waals surface area contributed by atoms with Gasteiger partial charge in [0, 0.05) is 18.5 Å². The van der Waals surface area contributed by atoms with E-state index >= 15 is 0 Å². The van der Waals surface area contributed by atoms with Crippen molar-refractivity contribution in [2.45, 2.75) is 26.3 Å². The van der Waals surface area contributed by atoms with Crippen LogP contribution in [0.25, 0.3) is 0 Å². The highest BCUT2D eigenvalue weighted by Crippen LogP contribution is 2.09. The predicted molar refractivity (Wildman–Crippen MR) is 46.1 cm³/mol. The molecule has 1 rings (SSSR count). The Hall–Kier alpha value is -1.03. The van der Waals surface area contributed by atoms with Crippen molar-refractivity contribution in [2.24, 2.45) is 0 Å². The Morgan fingerprint density at radius 3 is 3.00 bits per heavy atom. The largest absolute Gasteiger partial charge is 0.396 e. The monoisotopic (exact) mass is 170 g/mol. The number of aromatic nitrogens is 1. The number of aliphatic hydroxyl groups excluding tert-OH is 1. The summed E-state index contributed by atoms with van der Waals surface area (Å²) in [5, 5.41) is 15.5. The lowest BCUT2D eigenvalue weighted by molar-refractivity contribution is 0.277. The second kappa shape index (κ2) is 4.11. The van der Waals surface area contributed by atoms with Gasteiger partial charge in [-0.25, -0.2) is 0 Å². The van der Waals surface area contributed by atoms with Crippen molar-refractivity contribution in [3.63, 3.8) is 0 Å². The molecule has 0 radical (unpaired) electrons. The van der Waals surface area contributed by atoms with Crippen molar-refractivity contribution in [2.75, 3.05) is 11.9 Å². The Morgan fingerprint density at radius 2 is 2.42 bits per heavy atom. The van der Waals surface area contributed by atoms with E-state index in [0.717, 1.165) is 5.82 Å². The zero-order valence-electron chi connectivity index (χ0n) is 7.37. The van der Waals surface area contributed by atoms with Crippen molar-refractivity contribution in [3.8, 4) is 0 Å². The van der Waals surface area contributed by atoms with Gasteiger partial charge in [0.05, 0.1) is 6.61 Å². The average Bonchev–Trinajstić information content (AvgIpc) is 2.36. The maximum Gasteiger partial charge on any atom is 0.169 e. The maximum atomic E-state index is 8.60. The van der Waals surface area contributed by atoms with Crippen LogP contribution in [-0.2, 0) is 6.42 Å². The fourth-order valence-corrected chi connectivity index (χ4v) is 0.905. The molecule has 0 saturated heterocycles. The third kappa shape index (κ3) is 2.54. The molecule has 0 aromatic carbocycles. The molecule has 12 heavy (non-hydrogen) atoms. The molecule has 1 aromatic heterocycles. The van der Waals surface area contributed by atoms with Crippen LogP contribution < -0.4 is 5.32 Å². The topological polar surface area (TPSA) is 58.3 Å². The molecule has 0 fully saturated rings. The van der Waals surface area contributed by atoms with Gasteiger partial charge in [0.2, 0.25) is 0 Å². The van der Waals surface area contributed by atoms with Gasteiger partial charge in [0.1, 0.15) is 5.76 Å². The first-order chi connectivity index (χ1) is 5.72. The molecular weight excluding hydrogens is 156 g/mol. The lowest BCUT2D eigenvalue weighted by atomic mass is 10.3. The summed E-state index contributed by atoms with van der Waals surface area (Å²) >= 11 is 0. The third-order valence-electron chi connectivity index (χ3n) is 1.35. The average molecular weight is 170 g/mol. The number of aliphatic hydroxyl groups is 1. The second-order valence-electron chi connectivity index (χ2n) is 2.95. The summed E-state index contributed by atoms with van der Waals surface area (Å²) in [4.78, 5) is 0. The smallest absolute Gasteiger partial charge is 0.169 e. The molecule has 1 heterocycles. The van der Waals surface area contributed by atoms with Gasteiger partial charge in [-0.15, -0.1) is 0 Å². The van der Waals surface area contributed by atoms with Crippen LogP contribution in [0.2, 0.25) is 0 Å². The van der Waals surface area contributed by atoms with Crippen LogP contribution in [0.3, 0.4) is 0 Å². The standard InChI is InChI=1S/C8H14N2O2/c1-6(2)9-8-5-7(3-4-11)12-10-8/h5-6,11H,3-4H2,1-2H3,(H,9,10). The number of nitrogens with zero attached hydrogens (tertiary/aromatic N) is 1. The molecule has 0 spiro atoms.